The average molecular weight is 244 g/mol. The zero-order valence-electron chi connectivity index (χ0n) is 11.1. The number of hydrogen-bond donors (Lipinski definition) is 1. The topological polar surface area (TPSA) is 45.0 Å². The molecule has 0 radical (unpaired) electrons. The van der Waals surface area contributed by atoms with Crippen LogP contribution in [0.25, 0.3) is 0 Å². The largest absolute Gasteiger partial charge is 0.382 e. The van der Waals surface area contributed by atoms with E-state index in [4.69, 9.17) is 10.00 Å². The highest BCUT2D eigenvalue weighted by molar-refractivity contribution is 5.49. The summed E-state index contributed by atoms with van der Waals surface area (Å²) in [6.45, 7) is 5.14. The zero-order chi connectivity index (χ0) is 13.0. The first-order chi connectivity index (χ1) is 8.65. The number of ether oxygens (including phenoxy) is 1. The van der Waals surface area contributed by atoms with Gasteiger partial charge in [0.1, 0.15) is 0 Å². The molecule has 2 atom stereocenters. The Morgan fingerprint density at radius 1 is 1.56 bits per heavy atom. The molecule has 1 saturated heterocycles. The van der Waals surface area contributed by atoms with Gasteiger partial charge in [0.2, 0.25) is 0 Å². The molecule has 0 aromatic heterocycles. The molecule has 1 heterocycles. The van der Waals surface area contributed by atoms with Gasteiger partial charge >= 0.3 is 0 Å². The van der Waals surface area contributed by atoms with Crippen molar-refractivity contribution >= 4 is 5.69 Å². The Labute approximate surface area is 109 Å². The number of anilines is 1. The van der Waals surface area contributed by atoms with Crippen LogP contribution in [0.3, 0.4) is 0 Å². The van der Waals surface area contributed by atoms with Crippen molar-refractivity contribution in [1.29, 1.82) is 5.26 Å². The maximum atomic E-state index is 8.89. The third kappa shape index (κ3) is 3.02. The quantitative estimate of drug-likeness (QED) is 0.887. The van der Waals surface area contributed by atoms with Crippen molar-refractivity contribution in [3.63, 3.8) is 0 Å². The van der Waals surface area contributed by atoms with Crippen LogP contribution in [-0.4, -0.2) is 18.2 Å². The fourth-order valence-corrected chi connectivity index (χ4v) is 2.41. The molecule has 2 unspecified atom stereocenters. The van der Waals surface area contributed by atoms with E-state index in [0.717, 1.165) is 31.6 Å². The molecule has 1 aliphatic heterocycles. The smallest absolute Gasteiger partial charge is 0.0992 e. The minimum absolute atomic E-state index is 0.0112. The monoisotopic (exact) mass is 244 g/mol. The lowest BCUT2D eigenvalue weighted by atomic mass is 9.90. The lowest BCUT2D eigenvalue weighted by molar-refractivity contribution is -0.0708. The van der Waals surface area contributed by atoms with E-state index in [9.17, 15) is 0 Å². The molecule has 0 bridgehead atoms. The molecule has 0 amide bonds. The summed E-state index contributed by atoms with van der Waals surface area (Å²) in [5.41, 5.74) is 1.72. The van der Waals surface area contributed by atoms with Crippen LogP contribution >= 0.6 is 0 Å². The van der Waals surface area contributed by atoms with Crippen LogP contribution in [0.5, 0.6) is 0 Å². The van der Waals surface area contributed by atoms with Crippen LogP contribution in [-0.2, 0) is 4.74 Å². The van der Waals surface area contributed by atoms with Crippen molar-refractivity contribution in [2.75, 3.05) is 11.9 Å². The van der Waals surface area contributed by atoms with Gasteiger partial charge in [-0.2, -0.15) is 5.26 Å². The van der Waals surface area contributed by atoms with E-state index in [1.54, 1.807) is 0 Å². The fourth-order valence-electron chi connectivity index (χ4n) is 2.41. The summed E-state index contributed by atoms with van der Waals surface area (Å²) >= 11 is 0. The highest BCUT2D eigenvalue weighted by Gasteiger charge is 2.31. The summed E-state index contributed by atoms with van der Waals surface area (Å²) < 4.78 is 5.84. The Bertz CT molecular complexity index is 452. The van der Waals surface area contributed by atoms with E-state index >= 15 is 0 Å². The molecule has 96 valence electrons. The van der Waals surface area contributed by atoms with E-state index in [-0.39, 0.29) is 5.60 Å². The van der Waals surface area contributed by atoms with Crippen LogP contribution < -0.4 is 5.32 Å². The molecule has 3 nitrogen and oxygen atoms in total. The predicted molar refractivity (Wildman–Crippen MR) is 72.4 cm³/mol. The van der Waals surface area contributed by atoms with Crippen LogP contribution in [0, 0.1) is 11.3 Å². The van der Waals surface area contributed by atoms with Crippen LogP contribution in [0.15, 0.2) is 24.3 Å². The Kier molecular flexibility index (Phi) is 3.88. The van der Waals surface area contributed by atoms with Crippen LogP contribution in [0.1, 0.15) is 38.7 Å². The number of hydrogen-bond acceptors (Lipinski definition) is 3. The number of benzene rings is 1. The maximum Gasteiger partial charge on any atom is 0.0992 e. The van der Waals surface area contributed by atoms with Gasteiger partial charge in [0.05, 0.1) is 17.2 Å². The first-order valence-corrected chi connectivity index (χ1v) is 6.56. The standard InChI is InChI=1S/C15H20N2O/c1-3-15(2)10-14(7-8-18-15)17-13-6-4-5-12(9-13)11-16/h4-6,9,14,17H,3,7-8,10H2,1-2H3. The lowest BCUT2D eigenvalue weighted by Crippen LogP contribution is -2.41. The normalized spacial score (nSPS) is 27.5. The third-order valence-corrected chi connectivity index (χ3v) is 3.71. The Balaban J connectivity index is 2.03. The first kappa shape index (κ1) is 12.9. The summed E-state index contributed by atoms with van der Waals surface area (Å²) in [5, 5.41) is 12.4. The molecule has 1 aliphatic rings. The van der Waals surface area contributed by atoms with Crippen molar-refractivity contribution < 1.29 is 4.74 Å². The van der Waals surface area contributed by atoms with Gasteiger partial charge in [0.25, 0.3) is 0 Å². The van der Waals surface area contributed by atoms with Gasteiger partial charge in [0, 0.05) is 18.3 Å². The maximum absolute atomic E-state index is 8.89. The summed E-state index contributed by atoms with van der Waals surface area (Å²) in [7, 11) is 0. The van der Waals surface area contributed by atoms with Gasteiger partial charge < -0.3 is 10.1 Å². The Morgan fingerprint density at radius 3 is 3.11 bits per heavy atom. The molecular weight excluding hydrogens is 224 g/mol. The molecule has 3 heteroatoms. The average Bonchev–Trinajstić information content (AvgIpc) is 2.39. The SMILES string of the molecule is CCC1(C)CC(Nc2cccc(C#N)c2)CCO1. The van der Waals surface area contributed by atoms with Gasteiger partial charge in [-0.25, -0.2) is 0 Å². The molecular formula is C15H20N2O. The molecule has 1 N–H and O–H groups in total. The summed E-state index contributed by atoms with van der Waals surface area (Å²) in [6, 6.07) is 10.3. The molecule has 1 aromatic rings. The summed E-state index contributed by atoms with van der Waals surface area (Å²) in [4.78, 5) is 0. The first-order valence-electron chi connectivity index (χ1n) is 6.56. The second-order valence-corrected chi connectivity index (χ2v) is 5.18. The molecule has 0 aliphatic carbocycles. The Morgan fingerprint density at radius 2 is 2.39 bits per heavy atom. The Hall–Kier alpha value is -1.53. The van der Waals surface area contributed by atoms with E-state index in [2.05, 4.69) is 25.2 Å². The highest BCUT2D eigenvalue weighted by Crippen LogP contribution is 2.29. The van der Waals surface area contributed by atoms with Crippen molar-refractivity contribution in [3.05, 3.63) is 29.8 Å². The summed E-state index contributed by atoms with van der Waals surface area (Å²) in [5.74, 6) is 0. The second-order valence-electron chi connectivity index (χ2n) is 5.18. The molecule has 1 fully saturated rings. The number of nitrogens with one attached hydrogen (secondary N) is 1. The van der Waals surface area contributed by atoms with Gasteiger partial charge in [-0.1, -0.05) is 13.0 Å². The van der Waals surface area contributed by atoms with Gasteiger partial charge in [-0.05, 0) is 44.4 Å². The molecule has 18 heavy (non-hydrogen) atoms. The fraction of sp³-hybridized carbons (Fsp3) is 0.533. The van der Waals surface area contributed by atoms with Crippen molar-refractivity contribution in [1.82, 2.24) is 0 Å². The van der Waals surface area contributed by atoms with Crippen molar-refractivity contribution in [3.8, 4) is 6.07 Å². The van der Waals surface area contributed by atoms with Gasteiger partial charge in [0.15, 0.2) is 0 Å². The number of nitriles is 1. The van der Waals surface area contributed by atoms with E-state index in [1.807, 2.05) is 24.3 Å². The highest BCUT2D eigenvalue weighted by atomic mass is 16.5. The molecule has 2 rings (SSSR count). The third-order valence-electron chi connectivity index (χ3n) is 3.71. The van der Waals surface area contributed by atoms with Crippen LogP contribution in [0.4, 0.5) is 5.69 Å². The number of nitrogens with zero attached hydrogens (tertiary/aromatic N) is 1. The van der Waals surface area contributed by atoms with Gasteiger partial charge in [-0.15, -0.1) is 0 Å². The van der Waals surface area contributed by atoms with E-state index in [1.165, 1.54) is 0 Å². The minimum atomic E-state index is -0.0112. The lowest BCUT2D eigenvalue weighted by Gasteiger charge is -2.38. The predicted octanol–water partition coefficient (Wildman–Crippen LogP) is 3.32. The van der Waals surface area contributed by atoms with E-state index < -0.39 is 0 Å². The summed E-state index contributed by atoms with van der Waals surface area (Å²) in [6.07, 6.45) is 3.07. The molecule has 0 saturated carbocycles. The van der Waals surface area contributed by atoms with Crippen LogP contribution in [0.2, 0.25) is 0 Å². The van der Waals surface area contributed by atoms with Crippen molar-refractivity contribution in [2.24, 2.45) is 0 Å². The molecule has 1 aromatic carbocycles. The second kappa shape index (κ2) is 5.41. The van der Waals surface area contributed by atoms with E-state index in [0.29, 0.717) is 11.6 Å². The van der Waals surface area contributed by atoms with Gasteiger partial charge in [-0.3, -0.25) is 0 Å². The van der Waals surface area contributed by atoms with Crippen molar-refractivity contribution in [2.45, 2.75) is 44.8 Å². The molecule has 0 spiro atoms. The number of rotatable bonds is 3. The minimum Gasteiger partial charge on any atom is -0.382 e. The zero-order valence-corrected chi connectivity index (χ0v) is 11.1.